The summed E-state index contributed by atoms with van der Waals surface area (Å²) in [5.41, 5.74) is 4.62. The molecule has 0 unspecified atom stereocenters. The summed E-state index contributed by atoms with van der Waals surface area (Å²) in [6.45, 7) is 0. The van der Waals surface area contributed by atoms with Gasteiger partial charge in [-0.1, -0.05) is 0 Å². The Morgan fingerprint density at radius 3 is 2.29 bits per heavy atom. The second-order valence-corrected chi connectivity index (χ2v) is 3.95. The molecule has 0 aliphatic heterocycles. The van der Waals surface area contributed by atoms with E-state index in [9.17, 15) is 24.6 Å². The molecule has 108 valence electrons. The molecule has 0 radical (unpaired) electrons. The van der Waals surface area contributed by atoms with Crippen LogP contribution in [0.2, 0.25) is 0 Å². The molecule has 0 fully saturated rings. The van der Waals surface area contributed by atoms with Crippen molar-refractivity contribution in [2.24, 2.45) is 0 Å². The standard InChI is InChI=1S/C12H8FN3O5/c13-9-5-7(15(17)18)1-4-12(9)21-8-2-3-11(16(19)20)10(14)6-8/h1-6H,14H2. The summed E-state index contributed by atoms with van der Waals surface area (Å²) in [6.07, 6.45) is 0. The van der Waals surface area contributed by atoms with Gasteiger partial charge in [0.25, 0.3) is 11.4 Å². The minimum atomic E-state index is -0.930. The number of benzene rings is 2. The number of nitrogen functional groups attached to an aromatic ring is 1. The molecule has 0 aliphatic rings. The molecule has 0 saturated heterocycles. The Morgan fingerprint density at radius 2 is 1.76 bits per heavy atom. The van der Waals surface area contributed by atoms with Gasteiger partial charge in [-0.2, -0.15) is 0 Å². The van der Waals surface area contributed by atoms with Gasteiger partial charge in [0.2, 0.25) is 0 Å². The first-order valence-electron chi connectivity index (χ1n) is 5.54. The van der Waals surface area contributed by atoms with E-state index >= 15 is 0 Å². The molecule has 0 bridgehead atoms. The predicted molar refractivity (Wildman–Crippen MR) is 70.6 cm³/mol. The molecule has 8 nitrogen and oxygen atoms in total. The van der Waals surface area contributed by atoms with E-state index in [1.165, 1.54) is 12.1 Å². The van der Waals surface area contributed by atoms with Gasteiger partial charge in [0.15, 0.2) is 11.6 Å². The second-order valence-electron chi connectivity index (χ2n) is 3.95. The number of non-ortho nitro benzene ring substituents is 1. The molecule has 0 aromatic heterocycles. The van der Waals surface area contributed by atoms with E-state index in [4.69, 9.17) is 10.5 Å². The first-order valence-corrected chi connectivity index (χ1v) is 5.54. The van der Waals surface area contributed by atoms with E-state index in [1.54, 1.807) is 0 Å². The Labute approximate surface area is 116 Å². The highest BCUT2D eigenvalue weighted by atomic mass is 19.1. The average molecular weight is 293 g/mol. The predicted octanol–water partition coefficient (Wildman–Crippen LogP) is 3.02. The number of halogens is 1. The van der Waals surface area contributed by atoms with Gasteiger partial charge >= 0.3 is 0 Å². The summed E-state index contributed by atoms with van der Waals surface area (Å²) < 4.78 is 18.8. The highest BCUT2D eigenvalue weighted by Crippen LogP contribution is 2.31. The molecule has 0 aliphatic carbocycles. The fraction of sp³-hybridized carbons (Fsp3) is 0. The van der Waals surface area contributed by atoms with Crippen molar-refractivity contribution in [3.8, 4) is 11.5 Å². The lowest BCUT2D eigenvalue weighted by Crippen LogP contribution is -1.97. The molecule has 0 atom stereocenters. The molecular formula is C12H8FN3O5. The van der Waals surface area contributed by atoms with Crippen LogP contribution in [0, 0.1) is 26.0 Å². The van der Waals surface area contributed by atoms with Crippen molar-refractivity contribution < 1.29 is 19.0 Å². The van der Waals surface area contributed by atoms with Crippen LogP contribution >= 0.6 is 0 Å². The Morgan fingerprint density at radius 1 is 1.05 bits per heavy atom. The highest BCUT2D eigenvalue weighted by Gasteiger charge is 2.15. The lowest BCUT2D eigenvalue weighted by molar-refractivity contribution is -0.385. The average Bonchev–Trinajstić information content (AvgIpc) is 2.40. The van der Waals surface area contributed by atoms with Crippen LogP contribution in [-0.4, -0.2) is 9.85 Å². The molecule has 2 aromatic carbocycles. The maximum Gasteiger partial charge on any atom is 0.292 e. The fourth-order valence-electron chi connectivity index (χ4n) is 1.58. The molecule has 21 heavy (non-hydrogen) atoms. The van der Waals surface area contributed by atoms with Crippen LogP contribution in [0.3, 0.4) is 0 Å². The van der Waals surface area contributed by atoms with Crippen LogP contribution in [0.1, 0.15) is 0 Å². The van der Waals surface area contributed by atoms with E-state index in [0.717, 1.165) is 18.2 Å². The topological polar surface area (TPSA) is 122 Å². The Kier molecular flexibility index (Phi) is 3.65. The molecule has 9 heteroatoms. The van der Waals surface area contributed by atoms with Crippen molar-refractivity contribution in [2.45, 2.75) is 0 Å². The van der Waals surface area contributed by atoms with E-state index < -0.39 is 21.4 Å². The molecular weight excluding hydrogens is 285 g/mol. The number of nitro benzene ring substituents is 2. The summed E-state index contributed by atoms with van der Waals surface area (Å²) in [5, 5.41) is 21.1. The van der Waals surface area contributed by atoms with E-state index in [0.29, 0.717) is 6.07 Å². The monoisotopic (exact) mass is 293 g/mol. The smallest absolute Gasteiger partial charge is 0.292 e. The molecule has 2 aromatic rings. The summed E-state index contributed by atoms with van der Waals surface area (Å²) in [6, 6.07) is 6.41. The first kappa shape index (κ1) is 14.2. The third-order valence-electron chi connectivity index (χ3n) is 2.55. The molecule has 0 amide bonds. The molecule has 2 rings (SSSR count). The van der Waals surface area contributed by atoms with Gasteiger partial charge in [0.1, 0.15) is 11.4 Å². The van der Waals surface area contributed by atoms with Crippen LogP contribution in [-0.2, 0) is 0 Å². The number of anilines is 1. The number of hydrogen-bond donors (Lipinski definition) is 1. The van der Waals surface area contributed by atoms with Gasteiger partial charge in [0.05, 0.1) is 15.9 Å². The fourth-order valence-corrected chi connectivity index (χ4v) is 1.58. The van der Waals surface area contributed by atoms with Crippen LogP contribution < -0.4 is 10.5 Å². The number of hydrogen-bond acceptors (Lipinski definition) is 6. The third kappa shape index (κ3) is 3.03. The van der Waals surface area contributed by atoms with Gasteiger partial charge < -0.3 is 10.5 Å². The second kappa shape index (κ2) is 5.41. The Bertz CT molecular complexity index is 735. The summed E-state index contributed by atoms with van der Waals surface area (Å²) in [7, 11) is 0. The lowest BCUT2D eigenvalue weighted by Gasteiger charge is -2.07. The zero-order valence-electron chi connectivity index (χ0n) is 10.4. The summed E-state index contributed by atoms with van der Waals surface area (Å²) in [5.74, 6) is -1.11. The van der Waals surface area contributed by atoms with Gasteiger partial charge in [-0.05, 0) is 12.1 Å². The van der Waals surface area contributed by atoms with Gasteiger partial charge in [-0.15, -0.1) is 0 Å². The maximum atomic E-state index is 13.6. The number of nitro groups is 2. The number of rotatable bonds is 4. The number of nitrogens with two attached hydrogens (primary N) is 1. The van der Waals surface area contributed by atoms with Crippen molar-refractivity contribution >= 4 is 17.1 Å². The molecule has 0 spiro atoms. The largest absolute Gasteiger partial charge is 0.454 e. The molecule has 2 N–H and O–H groups in total. The van der Waals surface area contributed by atoms with Gasteiger partial charge in [-0.3, -0.25) is 20.2 Å². The molecule has 0 saturated carbocycles. The minimum Gasteiger partial charge on any atom is -0.454 e. The van der Waals surface area contributed by atoms with E-state index in [2.05, 4.69) is 0 Å². The first-order chi connectivity index (χ1) is 9.88. The highest BCUT2D eigenvalue weighted by molar-refractivity contribution is 5.61. The van der Waals surface area contributed by atoms with Crippen LogP contribution in [0.15, 0.2) is 36.4 Å². The Balaban J connectivity index is 2.28. The normalized spacial score (nSPS) is 10.1. The molecule has 0 heterocycles. The van der Waals surface area contributed by atoms with Crippen LogP contribution in [0.5, 0.6) is 11.5 Å². The van der Waals surface area contributed by atoms with Crippen LogP contribution in [0.25, 0.3) is 0 Å². The van der Waals surface area contributed by atoms with Crippen LogP contribution in [0.4, 0.5) is 21.5 Å². The lowest BCUT2D eigenvalue weighted by atomic mass is 10.2. The SMILES string of the molecule is Nc1cc(Oc2ccc([N+](=O)[O-])cc2F)ccc1[N+](=O)[O-]. The quantitative estimate of drug-likeness (QED) is 0.525. The maximum absolute atomic E-state index is 13.6. The van der Waals surface area contributed by atoms with Crippen molar-refractivity contribution in [3.63, 3.8) is 0 Å². The van der Waals surface area contributed by atoms with Crippen molar-refractivity contribution in [2.75, 3.05) is 5.73 Å². The van der Waals surface area contributed by atoms with Gasteiger partial charge in [-0.25, -0.2) is 4.39 Å². The van der Waals surface area contributed by atoms with E-state index in [-0.39, 0.29) is 22.9 Å². The summed E-state index contributed by atoms with van der Waals surface area (Å²) in [4.78, 5) is 19.7. The third-order valence-corrected chi connectivity index (χ3v) is 2.55. The zero-order valence-corrected chi connectivity index (χ0v) is 10.4. The Hall–Kier alpha value is -3.23. The number of ether oxygens (including phenoxy) is 1. The van der Waals surface area contributed by atoms with Crippen molar-refractivity contribution in [3.05, 3.63) is 62.4 Å². The van der Waals surface area contributed by atoms with Crippen molar-refractivity contribution in [1.29, 1.82) is 0 Å². The minimum absolute atomic E-state index is 0.0749. The van der Waals surface area contributed by atoms with Gasteiger partial charge in [0, 0.05) is 18.2 Å². The van der Waals surface area contributed by atoms with Crippen molar-refractivity contribution in [1.82, 2.24) is 0 Å². The number of nitrogens with zero attached hydrogens (tertiary/aromatic N) is 2. The zero-order chi connectivity index (χ0) is 15.6. The van der Waals surface area contributed by atoms with E-state index in [1.807, 2.05) is 0 Å². The summed E-state index contributed by atoms with van der Waals surface area (Å²) >= 11 is 0.